The Morgan fingerprint density at radius 2 is 1.90 bits per heavy atom. The van der Waals surface area contributed by atoms with Crippen LogP contribution in [0.15, 0.2) is 34.9 Å². The standard InChI is InChI=1S/C14H15BrN2O3/c1-14(18,9-6-4-5-7-10(9)15)12-13(20-3)17-11(19-2)8-16-12/h4-8,18H,1-3H3. The van der Waals surface area contributed by atoms with Crippen molar-refractivity contribution in [3.8, 4) is 11.8 Å². The van der Waals surface area contributed by atoms with E-state index in [1.54, 1.807) is 6.92 Å². The van der Waals surface area contributed by atoms with Gasteiger partial charge in [-0.15, -0.1) is 0 Å². The highest BCUT2D eigenvalue weighted by molar-refractivity contribution is 9.10. The maximum Gasteiger partial charge on any atom is 0.242 e. The maximum atomic E-state index is 10.9. The molecule has 6 heteroatoms. The first-order valence-corrected chi connectivity index (χ1v) is 6.73. The first-order valence-electron chi connectivity index (χ1n) is 5.93. The van der Waals surface area contributed by atoms with Gasteiger partial charge in [0.15, 0.2) is 0 Å². The van der Waals surface area contributed by atoms with Gasteiger partial charge < -0.3 is 14.6 Å². The largest absolute Gasteiger partial charge is 0.480 e. The van der Waals surface area contributed by atoms with Crippen LogP contribution in [0.2, 0.25) is 0 Å². The monoisotopic (exact) mass is 338 g/mol. The number of halogens is 1. The van der Waals surface area contributed by atoms with Gasteiger partial charge >= 0.3 is 0 Å². The van der Waals surface area contributed by atoms with Gasteiger partial charge in [-0.1, -0.05) is 34.1 Å². The van der Waals surface area contributed by atoms with Gasteiger partial charge in [-0.2, -0.15) is 4.98 Å². The number of methoxy groups -OCH3 is 2. The molecule has 1 aromatic heterocycles. The Hall–Kier alpha value is -1.66. The average Bonchev–Trinajstić information content (AvgIpc) is 2.46. The number of aromatic nitrogens is 2. The van der Waals surface area contributed by atoms with Gasteiger partial charge in [0.2, 0.25) is 11.8 Å². The number of hydrogen-bond acceptors (Lipinski definition) is 5. The van der Waals surface area contributed by atoms with E-state index < -0.39 is 5.60 Å². The second kappa shape index (κ2) is 5.76. The Morgan fingerprint density at radius 1 is 1.20 bits per heavy atom. The van der Waals surface area contributed by atoms with Gasteiger partial charge in [0.25, 0.3) is 0 Å². The lowest BCUT2D eigenvalue weighted by Crippen LogP contribution is -2.26. The summed E-state index contributed by atoms with van der Waals surface area (Å²) in [4.78, 5) is 8.38. The summed E-state index contributed by atoms with van der Waals surface area (Å²) in [5.74, 6) is 0.554. The van der Waals surface area contributed by atoms with Gasteiger partial charge in [0.1, 0.15) is 11.3 Å². The highest BCUT2D eigenvalue weighted by atomic mass is 79.9. The molecule has 0 bridgehead atoms. The number of ether oxygens (including phenoxy) is 2. The Kier molecular flexibility index (Phi) is 4.25. The molecule has 0 aliphatic heterocycles. The minimum absolute atomic E-state index is 0.227. The first-order chi connectivity index (χ1) is 9.50. The third-order valence-electron chi connectivity index (χ3n) is 2.98. The van der Waals surface area contributed by atoms with E-state index in [0.717, 1.165) is 4.47 Å². The van der Waals surface area contributed by atoms with Crippen molar-refractivity contribution in [3.05, 3.63) is 46.2 Å². The third kappa shape index (κ3) is 2.62. The molecule has 1 N–H and O–H groups in total. The molecule has 0 aliphatic carbocycles. The molecule has 1 heterocycles. The second-order valence-corrected chi connectivity index (χ2v) is 5.18. The predicted molar refractivity (Wildman–Crippen MR) is 78.0 cm³/mol. The van der Waals surface area contributed by atoms with E-state index in [-0.39, 0.29) is 5.88 Å². The molecule has 2 aromatic rings. The zero-order valence-electron chi connectivity index (χ0n) is 11.4. The fraction of sp³-hybridized carbons (Fsp3) is 0.286. The van der Waals surface area contributed by atoms with Crippen molar-refractivity contribution in [2.45, 2.75) is 12.5 Å². The summed E-state index contributed by atoms with van der Waals surface area (Å²) < 4.78 is 11.0. The molecule has 1 unspecified atom stereocenters. The highest BCUT2D eigenvalue weighted by Crippen LogP contribution is 2.36. The van der Waals surface area contributed by atoms with Crippen LogP contribution in [0.5, 0.6) is 11.8 Å². The molecule has 0 saturated heterocycles. The summed E-state index contributed by atoms with van der Waals surface area (Å²) in [6.07, 6.45) is 1.45. The van der Waals surface area contributed by atoms with Crippen molar-refractivity contribution in [1.29, 1.82) is 0 Å². The Morgan fingerprint density at radius 3 is 2.50 bits per heavy atom. The van der Waals surface area contributed by atoms with Crippen LogP contribution in [0.3, 0.4) is 0 Å². The number of hydrogen-bond donors (Lipinski definition) is 1. The molecular weight excluding hydrogens is 324 g/mol. The fourth-order valence-electron chi connectivity index (χ4n) is 1.92. The number of benzene rings is 1. The van der Waals surface area contributed by atoms with Crippen LogP contribution >= 0.6 is 15.9 Å². The van der Waals surface area contributed by atoms with E-state index in [4.69, 9.17) is 9.47 Å². The van der Waals surface area contributed by atoms with Gasteiger partial charge in [-0.25, -0.2) is 4.98 Å². The van der Waals surface area contributed by atoms with Crippen LogP contribution < -0.4 is 9.47 Å². The molecule has 2 rings (SSSR count). The van der Waals surface area contributed by atoms with Crippen LogP contribution in [0, 0.1) is 0 Å². The first kappa shape index (κ1) is 14.7. The van der Waals surface area contributed by atoms with Crippen LogP contribution in [0.1, 0.15) is 18.2 Å². The molecule has 1 aromatic carbocycles. The molecular formula is C14H15BrN2O3. The van der Waals surface area contributed by atoms with E-state index in [9.17, 15) is 5.11 Å². The molecule has 1 atom stereocenters. The summed E-state index contributed by atoms with van der Waals surface area (Å²) in [5.41, 5.74) is -0.337. The Balaban J connectivity index is 2.57. The number of aliphatic hydroxyl groups is 1. The Bertz CT molecular complexity index is 617. The van der Waals surface area contributed by atoms with Crippen LogP contribution in [-0.4, -0.2) is 29.3 Å². The fourth-order valence-corrected chi connectivity index (χ4v) is 2.59. The van der Waals surface area contributed by atoms with Gasteiger partial charge in [-0.05, 0) is 13.0 Å². The summed E-state index contributed by atoms with van der Waals surface area (Å²) in [6, 6.07) is 7.39. The molecule has 0 amide bonds. The van der Waals surface area contributed by atoms with Crippen LogP contribution in [0.4, 0.5) is 0 Å². The van der Waals surface area contributed by atoms with Crippen molar-refractivity contribution < 1.29 is 14.6 Å². The maximum absolute atomic E-state index is 10.9. The van der Waals surface area contributed by atoms with Gasteiger partial charge in [0, 0.05) is 10.0 Å². The topological polar surface area (TPSA) is 64.5 Å². The zero-order chi connectivity index (χ0) is 14.8. The minimum Gasteiger partial charge on any atom is -0.480 e. The lowest BCUT2D eigenvalue weighted by molar-refractivity contribution is 0.0919. The van der Waals surface area contributed by atoms with Crippen LogP contribution in [0.25, 0.3) is 0 Å². The average molecular weight is 339 g/mol. The summed E-state index contributed by atoms with van der Waals surface area (Å²) in [5, 5.41) is 10.9. The minimum atomic E-state index is -1.34. The van der Waals surface area contributed by atoms with E-state index in [2.05, 4.69) is 25.9 Å². The number of nitrogens with zero attached hydrogens (tertiary/aromatic N) is 2. The molecule has 0 fully saturated rings. The van der Waals surface area contributed by atoms with Crippen molar-refractivity contribution in [1.82, 2.24) is 9.97 Å². The summed E-state index contributed by atoms with van der Waals surface area (Å²) >= 11 is 3.43. The molecule has 20 heavy (non-hydrogen) atoms. The van der Waals surface area contributed by atoms with E-state index in [0.29, 0.717) is 17.1 Å². The predicted octanol–water partition coefficient (Wildman–Crippen LogP) is 2.51. The van der Waals surface area contributed by atoms with Crippen LogP contribution in [-0.2, 0) is 5.60 Å². The smallest absolute Gasteiger partial charge is 0.242 e. The molecule has 0 radical (unpaired) electrons. The van der Waals surface area contributed by atoms with E-state index in [1.165, 1.54) is 20.4 Å². The quantitative estimate of drug-likeness (QED) is 0.927. The molecule has 0 aliphatic rings. The van der Waals surface area contributed by atoms with Crippen molar-refractivity contribution in [3.63, 3.8) is 0 Å². The summed E-state index contributed by atoms with van der Waals surface area (Å²) in [6.45, 7) is 1.64. The number of rotatable bonds is 4. The highest BCUT2D eigenvalue weighted by Gasteiger charge is 2.33. The Labute approximate surface area is 125 Å². The second-order valence-electron chi connectivity index (χ2n) is 4.32. The van der Waals surface area contributed by atoms with E-state index in [1.807, 2.05) is 24.3 Å². The van der Waals surface area contributed by atoms with Gasteiger partial charge in [-0.3, -0.25) is 0 Å². The van der Waals surface area contributed by atoms with Gasteiger partial charge in [0.05, 0.1) is 20.4 Å². The van der Waals surface area contributed by atoms with Crippen molar-refractivity contribution in [2.24, 2.45) is 0 Å². The van der Waals surface area contributed by atoms with E-state index >= 15 is 0 Å². The summed E-state index contributed by atoms with van der Waals surface area (Å²) in [7, 11) is 2.97. The molecule has 106 valence electrons. The van der Waals surface area contributed by atoms with Crippen molar-refractivity contribution >= 4 is 15.9 Å². The third-order valence-corrected chi connectivity index (χ3v) is 3.67. The lowest BCUT2D eigenvalue weighted by Gasteiger charge is -2.25. The molecule has 5 nitrogen and oxygen atoms in total. The molecule has 0 spiro atoms. The zero-order valence-corrected chi connectivity index (χ0v) is 13.0. The normalized spacial score (nSPS) is 13.7. The lowest BCUT2D eigenvalue weighted by atomic mass is 9.92. The SMILES string of the molecule is COc1cnc(C(C)(O)c2ccccc2Br)c(OC)n1. The molecule has 0 saturated carbocycles. The van der Waals surface area contributed by atoms with Crippen molar-refractivity contribution in [2.75, 3.05) is 14.2 Å².